The van der Waals surface area contributed by atoms with Gasteiger partial charge in [0.05, 0.1) is 18.1 Å². The number of nitriles is 1. The highest BCUT2D eigenvalue weighted by Crippen LogP contribution is 2.31. The molecule has 0 fully saturated rings. The molecule has 0 atom stereocenters. The normalized spacial score (nSPS) is 10.4. The Morgan fingerprint density at radius 3 is 1.85 bits per heavy atom. The first kappa shape index (κ1) is 14.1. The molecule has 2 aromatic carbocycles. The third-order valence-corrected chi connectivity index (χ3v) is 3.01. The van der Waals surface area contributed by atoms with Gasteiger partial charge in [-0.3, -0.25) is 0 Å². The average molecular weight is 279 g/mol. The van der Waals surface area contributed by atoms with E-state index in [-0.39, 0.29) is 12.0 Å². The second-order valence-electron chi connectivity index (χ2n) is 4.29. The zero-order valence-corrected chi connectivity index (χ0v) is 10.5. The smallest absolute Gasteiger partial charge is 0.170 e. The molecule has 0 N–H and O–H groups in total. The molecule has 0 aliphatic rings. The first-order valence-corrected chi connectivity index (χ1v) is 5.76. The van der Waals surface area contributed by atoms with Gasteiger partial charge in [0.15, 0.2) is 23.3 Å². The summed E-state index contributed by atoms with van der Waals surface area (Å²) in [4.78, 5) is 0. The van der Waals surface area contributed by atoms with E-state index >= 15 is 0 Å². The van der Waals surface area contributed by atoms with Gasteiger partial charge in [-0.2, -0.15) is 5.26 Å². The van der Waals surface area contributed by atoms with E-state index in [2.05, 4.69) is 0 Å². The van der Waals surface area contributed by atoms with Gasteiger partial charge < -0.3 is 0 Å². The van der Waals surface area contributed by atoms with Gasteiger partial charge in [0, 0.05) is 5.56 Å². The molecular weight excluding hydrogens is 270 g/mol. The summed E-state index contributed by atoms with van der Waals surface area (Å²) < 4.78 is 54.6. The standard InChI is InChI=1S/C15H9F4N/c1-8-12(16)14(18)11(15(19)13(8)17)10-4-2-9(3-5-10)6-7-20/h2-5H,6H2,1H3. The second kappa shape index (κ2) is 5.33. The van der Waals surface area contributed by atoms with E-state index in [4.69, 9.17) is 5.26 Å². The van der Waals surface area contributed by atoms with Crippen LogP contribution in [0.25, 0.3) is 11.1 Å². The van der Waals surface area contributed by atoms with Crippen LogP contribution in [0.2, 0.25) is 0 Å². The molecule has 102 valence electrons. The highest BCUT2D eigenvalue weighted by molar-refractivity contribution is 5.66. The lowest BCUT2D eigenvalue weighted by molar-refractivity contribution is 0.449. The summed E-state index contributed by atoms with van der Waals surface area (Å²) in [6.07, 6.45) is 0.141. The van der Waals surface area contributed by atoms with Gasteiger partial charge in [-0.25, -0.2) is 17.6 Å². The molecule has 2 aromatic rings. The zero-order valence-electron chi connectivity index (χ0n) is 10.5. The predicted molar refractivity (Wildman–Crippen MR) is 65.8 cm³/mol. The third-order valence-electron chi connectivity index (χ3n) is 3.01. The zero-order chi connectivity index (χ0) is 14.9. The molecule has 0 saturated heterocycles. The molecule has 0 unspecified atom stereocenters. The van der Waals surface area contributed by atoms with E-state index in [9.17, 15) is 17.6 Å². The summed E-state index contributed by atoms with van der Waals surface area (Å²) in [6, 6.07) is 7.53. The van der Waals surface area contributed by atoms with Crippen molar-refractivity contribution in [3.63, 3.8) is 0 Å². The van der Waals surface area contributed by atoms with E-state index in [0.29, 0.717) is 5.56 Å². The van der Waals surface area contributed by atoms with E-state index < -0.39 is 34.4 Å². The molecule has 0 saturated carbocycles. The molecule has 0 aliphatic carbocycles. The number of hydrogen-bond donors (Lipinski definition) is 0. The van der Waals surface area contributed by atoms with Crippen LogP contribution >= 0.6 is 0 Å². The SMILES string of the molecule is Cc1c(F)c(F)c(-c2ccc(CC#N)cc2)c(F)c1F. The summed E-state index contributed by atoms with van der Waals surface area (Å²) in [5.41, 5.74) is -0.774. The Bertz CT molecular complexity index is 670. The molecule has 0 radical (unpaired) electrons. The van der Waals surface area contributed by atoms with Crippen molar-refractivity contribution in [2.45, 2.75) is 13.3 Å². The van der Waals surface area contributed by atoms with Crippen LogP contribution < -0.4 is 0 Å². The van der Waals surface area contributed by atoms with E-state index in [0.717, 1.165) is 6.92 Å². The summed E-state index contributed by atoms with van der Waals surface area (Å²) in [6.45, 7) is 0.969. The van der Waals surface area contributed by atoms with Gasteiger partial charge in [-0.05, 0) is 18.1 Å². The molecule has 2 rings (SSSR count). The van der Waals surface area contributed by atoms with Gasteiger partial charge >= 0.3 is 0 Å². The van der Waals surface area contributed by atoms with Gasteiger partial charge in [0.1, 0.15) is 0 Å². The quantitative estimate of drug-likeness (QED) is 0.594. The molecule has 5 heteroatoms. The largest absolute Gasteiger partial charge is 0.203 e. The van der Waals surface area contributed by atoms with Crippen molar-refractivity contribution in [2.75, 3.05) is 0 Å². The van der Waals surface area contributed by atoms with Crippen molar-refractivity contribution in [1.82, 2.24) is 0 Å². The molecule has 20 heavy (non-hydrogen) atoms. The molecule has 0 aliphatic heterocycles. The van der Waals surface area contributed by atoms with Crippen LogP contribution in [0.5, 0.6) is 0 Å². The summed E-state index contributed by atoms with van der Waals surface area (Å²) in [5.74, 6) is -5.65. The average Bonchev–Trinajstić information content (AvgIpc) is 2.45. The highest BCUT2D eigenvalue weighted by Gasteiger charge is 2.23. The summed E-state index contributed by atoms with van der Waals surface area (Å²) in [5, 5.41) is 8.53. The summed E-state index contributed by atoms with van der Waals surface area (Å²) in [7, 11) is 0. The lowest BCUT2D eigenvalue weighted by Crippen LogP contribution is -2.03. The van der Waals surface area contributed by atoms with Gasteiger partial charge in [-0.15, -0.1) is 0 Å². The van der Waals surface area contributed by atoms with Crippen LogP contribution in [0.3, 0.4) is 0 Å². The number of nitrogens with zero attached hydrogens (tertiary/aromatic N) is 1. The van der Waals surface area contributed by atoms with Crippen LogP contribution in [0.1, 0.15) is 11.1 Å². The first-order chi connectivity index (χ1) is 9.47. The molecule has 0 spiro atoms. The van der Waals surface area contributed by atoms with Gasteiger partial charge in [0.2, 0.25) is 0 Å². The topological polar surface area (TPSA) is 23.8 Å². The molecule has 0 bridgehead atoms. The predicted octanol–water partition coefficient (Wildman–Crippen LogP) is 4.28. The Hall–Kier alpha value is -2.35. The van der Waals surface area contributed by atoms with Crippen molar-refractivity contribution in [2.24, 2.45) is 0 Å². The number of benzene rings is 2. The second-order valence-corrected chi connectivity index (χ2v) is 4.29. The maximum absolute atomic E-state index is 13.8. The minimum absolute atomic E-state index is 0.0134. The van der Waals surface area contributed by atoms with Gasteiger partial charge in [0.25, 0.3) is 0 Å². The van der Waals surface area contributed by atoms with Crippen LogP contribution in [-0.2, 0) is 6.42 Å². The fraction of sp³-hybridized carbons (Fsp3) is 0.133. The number of hydrogen-bond acceptors (Lipinski definition) is 1. The lowest BCUT2D eigenvalue weighted by atomic mass is 10.00. The Morgan fingerprint density at radius 1 is 0.900 bits per heavy atom. The Kier molecular flexibility index (Phi) is 3.75. The van der Waals surface area contributed by atoms with Gasteiger partial charge in [-0.1, -0.05) is 24.3 Å². The van der Waals surface area contributed by atoms with E-state index in [1.165, 1.54) is 24.3 Å². The maximum atomic E-state index is 13.8. The molecule has 0 aromatic heterocycles. The lowest BCUT2D eigenvalue weighted by Gasteiger charge is -2.10. The number of rotatable bonds is 2. The molecule has 0 amide bonds. The van der Waals surface area contributed by atoms with E-state index in [1.807, 2.05) is 6.07 Å². The third kappa shape index (κ3) is 2.25. The Balaban J connectivity index is 2.61. The molecule has 0 heterocycles. The fourth-order valence-electron chi connectivity index (χ4n) is 1.88. The minimum Gasteiger partial charge on any atom is -0.203 e. The maximum Gasteiger partial charge on any atom is 0.170 e. The van der Waals surface area contributed by atoms with Crippen LogP contribution in [0.15, 0.2) is 24.3 Å². The van der Waals surface area contributed by atoms with Crippen LogP contribution in [-0.4, -0.2) is 0 Å². The Morgan fingerprint density at radius 2 is 1.40 bits per heavy atom. The number of halogens is 4. The van der Waals surface area contributed by atoms with Crippen molar-refractivity contribution >= 4 is 0 Å². The Labute approximate surface area is 113 Å². The van der Waals surface area contributed by atoms with Crippen molar-refractivity contribution in [1.29, 1.82) is 5.26 Å². The fourth-order valence-corrected chi connectivity index (χ4v) is 1.88. The first-order valence-electron chi connectivity index (χ1n) is 5.76. The van der Waals surface area contributed by atoms with Crippen LogP contribution in [0.4, 0.5) is 17.6 Å². The molecule has 1 nitrogen and oxygen atoms in total. The monoisotopic (exact) mass is 279 g/mol. The highest BCUT2D eigenvalue weighted by atomic mass is 19.2. The van der Waals surface area contributed by atoms with Crippen LogP contribution in [0, 0.1) is 41.5 Å². The van der Waals surface area contributed by atoms with Crippen molar-refractivity contribution < 1.29 is 17.6 Å². The summed E-state index contributed by atoms with van der Waals surface area (Å²) >= 11 is 0. The minimum atomic E-state index is -1.42. The van der Waals surface area contributed by atoms with E-state index in [1.54, 1.807) is 0 Å². The van der Waals surface area contributed by atoms with Crippen molar-refractivity contribution in [3.8, 4) is 17.2 Å². The van der Waals surface area contributed by atoms with Crippen molar-refractivity contribution in [3.05, 3.63) is 58.7 Å². The molecular formula is C15H9F4N.